The number of ether oxygens (including phenoxy) is 1. The van der Waals surface area contributed by atoms with Gasteiger partial charge in [0.2, 0.25) is 0 Å². The molecule has 0 saturated carbocycles. The van der Waals surface area contributed by atoms with Gasteiger partial charge in [0.15, 0.2) is 0 Å². The molecule has 1 nitrogen and oxygen atoms in total. The molecule has 0 spiro atoms. The smallest absolute Gasteiger partial charge is 0.0890 e. The highest BCUT2D eigenvalue weighted by molar-refractivity contribution is 4.87. The Kier molecular flexibility index (Phi) is 1.56. The normalized spacial score (nSPS) is 29.6. The first-order valence-electron chi connectivity index (χ1n) is 3.09. The van der Waals surface area contributed by atoms with E-state index in [9.17, 15) is 0 Å². The summed E-state index contributed by atoms with van der Waals surface area (Å²) in [7, 11) is 0. The van der Waals surface area contributed by atoms with Crippen molar-refractivity contribution in [3.63, 3.8) is 0 Å². The van der Waals surface area contributed by atoms with E-state index in [2.05, 4.69) is 13.5 Å². The highest BCUT2D eigenvalue weighted by Crippen LogP contribution is 2.19. The predicted molar refractivity (Wildman–Crippen MR) is 33.5 cm³/mol. The molecule has 0 unspecified atom stereocenters. The van der Waals surface area contributed by atoms with Gasteiger partial charge in [0, 0.05) is 6.42 Å². The maximum Gasteiger partial charge on any atom is 0.0890 e. The lowest BCUT2D eigenvalue weighted by atomic mass is 10.0. The summed E-state index contributed by atoms with van der Waals surface area (Å²) in [5.41, 5.74) is 0. The third-order valence-corrected chi connectivity index (χ3v) is 1.49. The molecule has 0 radical (unpaired) electrons. The van der Waals surface area contributed by atoms with Crippen molar-refractivity contribution in [2.75, 3.05) is 6.61 Å². The largest absolute Gasteiger partial charge is 0.499 e. The van der Waals surface area contributed by atoms with Gasteiger partial charge in [0.05, 0.1) is 12.4 Å². The summed E-state index contributed by atoms with van der Waals surface area (Å²) in [5, 5.41) is 0. The van der Waals surface area contributed by atoms with Crippen molar-refractivity contribution in [1.29, 1.82) is 0 Å². The van der Waals surface area contributed by atoms with Crippen LogP contribution in [-0.4, -0.2) is 6.61 Å². The molecule has 8 heavy (non-hydrogen) atoms. The zero-order chi connectivity index (χ0) is 5.98. The van der Waals surface area contributed by atoms with Gasteiger partial charge in [-0.2, -0.15) is 0 Å². The van der Waals surface area contributed by atoms with Gasteiger partial charge in [0.25, 0.3) is 0 Å². The molecule has 1 fully saturated rings. The summed E-state index contributed by atoms with van der Waals surface area (Å²) in [6, 6.07) is 0. The molecular formula is C7H12O. The van der Waals surface area contributed by atoms with E-state index in [1.807, 2.05) is 0 Å². The fourth-order valence-electron chi connectivity index (χ4n) is 0.954. The molecule has 1 heteroatoms. The molecule has 1 atom stereocenters. The summed E-state index contributed by atoms with van der Waals surface area (Å²) in [6.07, 6.45) is 2.25. The summed E-state index contributed by atoms with van der Waals surface area (Å²) in [4.78, 5) is 0. The Hall–Kier alpha value is -0.460. The van der Waals surface area contributed by atoms with Gasteiger partial charge in [0.1, 0.15) is 0 Å². The second-order valence-electron chi connectivity index (χ2n) is 2.49. The van der Waals surface area contributed by atoms with Crippen molar-refractivity contribution in [3.05, 3.63) is 12.3 Å². The fourth-order valence-corrected chi connectivity index (χ4v) is 0.954. The molecule has 0 aromatic rings. The lowest BCUT2D eigenvalue weighted by Gasteiger charge is -2.20. The van der Waals surface area contributed by atoms with Crippen LogP contribution in [0, 0.1) is 5.92 Å². The zero-order valence-corrected chi connectivity index (χ0v) is 5.31. The van der Waals surface area contributed by atoms with Gasteiger partial charge in [-0.25, -0.2) is 0 Å². The highest BCUT2D eigenvalue weighted by atomic mass is 16.5. The molecular weight excluding hydrogens is 100 g/mol. The van der Waals surface area contributed by atoms with Crippen LogP contribution >= 0.6 is 0 Å². The van der Waals surface area contributed by atoms with Crippen LogP contribution in [0.15, 0.2) is 12.3 Å². The monoisotopic (exact) mass is 112 g/mol. The van der Waals surface area contributed by atoms with E-state index in [1.165, 1.54) is 6.42 Å². The Morgan fingerprint density at radius 3 is 2.88 bits per heavy atom. The fraction of sp³-hybridized carbons (Fsp3) is 0.714. The van der Waals surface area contributed by atoms with E-state index in [1.54, 1.807) is 0 Å². The molecule has 0 N–H and O–H groups in total. The minimum Gasteiger partial charge on any atom is -0.499 e. The van der Waals surface area contributed by atoms with Crippen molar-refractivity contribution < 1.29 is 4.74 Å². The van der Waals surface area contributed by atoms with Crippen molar-refractivity contribution in [3.8, 4) is 0 Å². The molecule has 1 rings (SSSR count). The van der Waals surface area contributed by atoms with Crippen LogP contribution < -0.4 is 0 Å². The van der Waals surface area contributed by atoms with E-state index < -0.39 is 0 Å². The number of rotatable bonds is 0. The first kappa shape index (κ1) is 5.67. The van der Waals surface area contributed by atoms with E-state index in [0.717, 1.165) is 24.7 Å². The van der Waals surface area contributed by atoms with Crippen molar-refractivity contribution in [2.24, 2.45) is 5.92 Å². The standard InChI is InChI=1S/C7H12O/c1-6-3-4-8-7(2)5-6/h6H,2-5H2,1H3/t6-/m0/s1. The minimum atomic E-state index is 0.788. The van der Waals surface area contributed by atoms with E-state index in [4.69, 9.17) is 4.74 Å². The molecule has 0 aromatic carbocycles. The topological polar surface area (TPSA) is 9.23 Å². The quantitative estimate of drug-likeness (QED) is 0.465. The van der Waals surface area contributed by atoms with E-state index in [-0.39, 0.29) is 0 Å². The molecule has 0 amide bonds. The maximum atomic E-state index is 5.15. The average molecular weight is 112 g/mol. The average Bonchev–Trinajstić information content (AvgIpc) is 1.64. The van der Waals surface area contributed by atoms with Gasteiger partial charge in [-0.3, -0.25) is 0 Å². The highest BCUT2D eigenvalue weighted by Gasteiger charge is 2.10. The molecule has 1 saturated heterocycles. The molecule has 0 bridgehead atoms. The van der Waals surface area contributed by atoms with Crippen molar-refractivity contribution in [1.82, 2.24) is 0 Å². The van der Waals surface area contributed by atoms with Crippen molar-refractivity contribution >= 4 is 0 Å². The Labute approximate surface area is 50.3 Å². The van der Waals surface area contributed by atoms with Gasteiger partial charge in [-0.05, 0) is 12.3 Å². The Balaban J connectivity index is 2.34. The van der Waals surface area contributed by atoms with Crippen LogP contribution in [-0.2, 0) is 4.74 Å². The number of allylic oxidation sites excluding steroid dienone is 1. The molecule has 0 aliphatic carbocycles. The van der Waals surface area contributed by atoms with Gasteiger partial charge < -0.3 is 4.74 Å². The van der Waals surface area contributed by atoms with Crippen LogP contribution in [0.4, 0.5) is 0 Å². The molecule has 1 aliphatic heterocycles. The van der Waals surface area contributed by atoms with Crippen LogP contribution in [0.5, 0.6) is 0 Å². The second-order valence-corrected chi connectivity index (χ2v) is 2.49. The third kappa shape index (κ3) is 1.25. The van der Waals surface area contributed by atoms with Gasteiger partial charge >= 0.3 is 0 Å². The summed E-state index contributed by atoms with van der Waals surface area (Å²) < 4.78 is 5.15. The molecule has 1 aliphatic rings. The van der Waals surface area contributed by atoms with Gasteiger partial charge in [-0.15, -0.1) is 0 Å². The second kappa shape index (κ2) is 2.21. The first-order valence-corrected chi connectivity index (χ1v) is 3.09. The summed E-state index contributed by atoms with van der Waals surface area (Å²) >= 11 is 0. The third-order valence-electron chi connectivity index (χ3n) is 1.49. The minimum absolute atomic E-state index is 0.788. The van der Waals surface area contributed by atoms with Crippen LogP contribution in [0.1, 0.15) is 19.8 Å². The number of hydrogen-bond acceptors (Lipinski definition) is 1. The van der Waals surface area contributed by atoms with Crippen molar-refractivity contribution in [2.45, 2.75) is 19.8 Å². The Bertz CT molecular complexity index is 96.6. The zero-order valence-electron chi connectivity index (χ0n) is 5.31. The molecule has 1 heterocycles. The SMILES string of the molecule is C=C1C[C@@H](C)CCO1. The maximum absolute atomic E-state index is 5.15. The van der Waals surface area contributed by atoms with Gasteiger partial charge in [-0.1, -0.05) is 13.5 Å². The summed E-state index contributed by atoms with van der Waals surface area (Å²) in [5.74, 6) is 1.75. The Morgan fingerprint density at radius 1 is 1.75 bits per heavy atom. The lowest BCUT2D eigenvalue weighted by molar-refractivity contribution is 0.139. The predicted octanol–water partition coefficient (Wildman–Crippen LogP) is 1.95. The summed E-state index contributed by atoms with van der Waals surface area (Å²) in [6.45, 7) is 6.85. The van der Waals surface area contributed by atoms with E-state index >= 15 is 0 Å². The lowest BCUT2D eigenvalue weighted by Crippen LogP contribution is -2.10. The van der Waals surface area contributed by atoms with Crippen LogP contribution in [0.2, 0.25) is 0 Å². The Morgan fingerprint density at radius 2 is 2.50 bits per heavy atom. The van der Waals surface area contributed by atoms with E-state index in [0.29, 0.717) is 0 Å². The number of hydrogen-bond donors (Lipinski definition) is 0. The molecule has 0 aromatic heterocycles. The molecule has 46 valence electrons. The van der Waals surface area contributed by atoms with Crippen LogP contribution in [0.25, 0.3) is 0 Å². The first-order chi connectivity index (χ1) is 3.79. The van der Waals surface area contributed by atoms with Crippen LogP contribution in [0.3, 0.4) is 0 Å².